The number of hydrogen-bond donors (Lipinski definition) is 1. The average molecular weight is 288 g/mol. The van der Waals surface area contributed by atoms with Crippen molar-refractivity contribution in [1.82, 2.24) is 9.78 Å². The molecule has 0 aliphatic rings. The molecule has 0 atom stereocenters. The number of nitrogens with zero attached hydrogens (tertiary/aromatic N) is 2. The zero-order valence-electron chi connectivity index (χ0n) is 11.6. The molecule has 0 aliphatic carbocycles. The van der Waals surface area contributed by atoms with Crippen molar-refractivity contribution in [3.05, 3.63) is 21.6 Å². The number of rotatable bonds is 9. The molecule has 0 fully saturated rings. The Balaban J connectivity index is 2.56. The molecule has 0 spiro atoms. The van der Waals surface area contributed by atoms with Crippen molar-refractivity contribution in [2.75, 3.05) is 25.6 Å². The monoisotopic (exact) mass is 287 g/mol. The van der Waals surface area contributed by atoms with E-state index >= 15 is 0 Å². The second kappa shape index (κ2) is 8.93. The first-order valence-electron chi connectivity index (χ1n) is 6.69. The van der Waals surface area contributed by atoms with Crippen LogP contribution in [0.25, 0.3) is 0 Å². The fraction of sp³-hybridized carbons (Fsp3) is 0.692. The molecule has 0 unspecified atom stereocenters. The quantitative estimate of drug-likeness (QED) is 0.709. The van der Waals surface area contributed by atoms with E-state index in [1.165, 1.54) is 23.9 Å². The van der Waals surface area contributed by atoms with Gasteiger partial charge < -0.3 is 10.1 Å². The van der Waals surface area contributed by atoms with Gasteiger partial charge in [0, 0.05) is 13.7 Å². The predicted molar refractivity (Wildman–Crippen MR) is 78.0 cm³/mol. The molecule has 6 heteroatoms. The molecule has 1 aromatic heterocycles. The van der Waals surface area contributed by atoms with E-state index in [1.807, 2.05) is 0 Å². The van der Waals surface area contributed by atoms with E-state index in [0.29, 0.717) is 18.8 Å². The molecular formula is C13H22ClN3O2. The van der Waals surface area contributed by atoms with E-state index in [0.717, 1.165) is 13.0 Å². The third-order valence-electron chi connectivity index (χ3n) is 2.84. The van der Waals surface area contributed by atoms with Gasteiger partial charge in [-0.2, -0.15) is 5.10 Å². The summed E-state index contributed by atoms with van der Waals surface area (Å²) in [5.74, 6) is 0. The van der Waals surface area contributed by atoms with Gasteiger partial charge in [0.25, 0.3) is 5.56 Å². The highest BCUT2D eigenvalue weighted by Crippen LogP contribution is 2.15. The van der Waals surface area contributed by atoms with Crippen LogP contribution in [0.4, 0.5) is 5.69 Å². The number of nitrogens with one attached hydrogen (secondary N) is 1. The first kappa shape index (κ1) is 16.0. The highest BCUT2D eigenvalue weighted by atomic mass is 35.5. The van der Waals surface area contributed by atoms with Crippen LogP contribution in [0.1, 0.15) is 32.6 Å². The SMILES string of the molecule is CCCCCCNc1cnn(CCOC)c(=O)c1Cl. The van der Waals surface area contributed by atoms with E-state index in [-0.39, 0.29) is 10.6 Å². The van der Waals surface area contributed by atoms with Crippen molar-refractivity contribution in [2.45, 2.75) is 39.2 Å². The van der Waals surface area contributed by atoms with Gasteiger partial charge in [-0.3, -0.25) is 4.79 Å². The zero-order valence-corrected chi connectivity index (χ0v) is 12.4. The van der Waals surface area contributed by atoms with Crippen LogP contribution in [0.5, 0.6) is 0 Å². The number of unbranched alkanes of at least 4 members (excludes halogenated alkanes) is 3. The molecule has 0 saturated carbocycles. The van der Waals surface area contributed by atoms with Crippen molar-refractivity contribution in [2.24, 2.45) is 0 Å². The molecule has 0 saturated heterocycles. The maximum atomic E-state index is 11.9. The van der Waals surface area contributed by atoms with Gasteiger partial charge in [0.2, 0.25) is 0 Å². The minimum atomic E-state index is -0.280. The maximum absolute atomic E-state index is 11.9. The summed E-state index contributed by atoms with van der Waals surface area (Å²) in [5.41, 5.74) is 0.328. The van der Waals surface area contributed by atoms with Crippen LogP contribution in [-0.2, 0) is 11.3 Å². The minimum Gasteiger partial charge on any atom is -0.383 e. The number of methoxy groups -OCH3 is 1. The zero-order chi connectivity index (χ0) is 14.1. The van der Waals surface area contributed by atoms with E-state index in [4.69, 9.17) is 16.3 Å². The molecule has 0 aliphatic heterocycles. The Morgan fingerprint density at radius 3 is 2.89 bits per heavy atom. The van der Waals surface area contributed by atoms with Crippen LogP contribution in [-0.4, -0.2) is 30.0 Å². The average Bonchev–Trinajstić information content (AvgIpc) is 2.42. The lowest BCUT2D eigenvalue weighted by Gasteiger charge is -2.09. The van der Waals surface area contributed by atoms with Crippen molar-refractivity contribution in [1.29, 1.82) is 0 Å². The van der Waals surface area contributed by atoms with Gasteiger partial charge in [-0.25, -0.2) is 4.68 Å². The Hall–Kier alpha value is -1.07. The molecule has 19 heavy (non-hydrogen) atoms. The molecule has 1 rings (SSSR count). The van der Waals surface area contributed by atoms with Gasteiger partial charge in [0.15, 0.2) is 0 Å². The third-order valence-corrected chi connectivity index (χ3v) is 3.20. The summed E-state index contributed by atoms with van der Waals surface area (Å²) in [4.78, 5) is 11.9. The molecule has 0 bridgehead atoms. The Bertz CT molecular complexity index is 434. The van der Waals surface area contributed by atoms with Crippen LogP contribution in [0.15, 0.2) is 11.0 Å². The lowest BCUT2D eigenvalue weighted by molar-refractivity contribution is 0.182. The topological polar surface area (TPSA) is 56.1 Å². The number of halogens is 1. The molecule has 1 aromatic rings. The van der Waals surface area contributed by atoms with Crippen molar-refractivity contribution >= 4 is 17.3 Å². The number of hydrogen-bond acceptors (Lipinski definition) is 4. The highest BCUT2D eigenvalue weighted by Gasteiger charge is 2.08. The largest absolute Gasteiger partial charge is 0.383 e. The molecule has 0 aromatic carbocycles. The minimum absolute atomic E-state index is 0.196. The molecule has 0 amide bonds. The Morgan fingerprint density at radius 2 is 2.21 bits per heavy atom. The summed E-state index contributed by atoms with van der Waals surface area (Å²) in [6, 6.07) is 0. The van der Waals surface area contributed by atoms with Gasteiger partial charge in [-0.15, -0.1) is 0 Å². The maximum Gasteiger partial charge on any atom is 0.287 e. The summed E-state index contributed by atoms with van der Waals surface area (Å²) >= 11 is 6.04. The Labute approximate surface area is 118 Å². The molecule has 1 N–H and O–H groups in total. The standard InChI is InChI=1S/C13H22ClN3O2/c1-3-4-5-6-7-15-11-10-16-17(8-9-19-2)13(18)12(11)14/h10,15H,3-9H2,1-2H3. The molecular weight excluding hydrogens is 266 g/mol. The van der Waals surface area contributed by atoms with Crippen molar-refractivity contribution < 1.29 is 4.74 Å². The number of anilines is 1. The van der Waals surface area contributed by atoms with Crippen LogP contribution in [0.2, 0.25) is 5.02 Å². The summed E-state index contributed by atoms with van der Waals surface area (Å²) in [5, 5.41) is 7.42. The molecule has 5 nitrogen and oxygen atoms in total. The normalized spacial score (nSPS) is 10.7. The van der Waals surface area contributed by atoms with Crippen LogP contribution >= 0.6 is 11.6 Å². The molecule has 108 valence electrons. The fourth-order valence-corrected chi connectivity index (χ4v) is 1.91. The first-order valence-corrected chi connectivity index (χ1v) is 7.07. The molecule has 0 radical (unpaired) electrons. The lowest BCUT2D eigenvalue weighted by atomic mass is 10.2. The lowest BCUT2D eigenvalue weighted by Crippen LogP contribution is -2.26. The van der Waals surface area contributed by atoms with E-state index in [9.17, 15) is 4.79 Å². The second-order valence-electron chi connectivity index (χ2n) is 4.38. The molecule has 1 heterocycles. The van der Waals surface area contributed by atoms with Gasteiger partial charge >= 0.3 is 0 Å². The van der Waals surface area contributed by atoms with Crippen LogP contribution in [0.3, 0.4) is 0 Å². The first-order chi connectivity index (χ1) is 9.20. The Kier molecular flexibility index (Phi) is 7.52. The Morgan fingerprint density at radius 1 is 1.42 bits per heavy atom. The van der Waals surface area contributed by atoms with Gasteiger partial charge in [0.1, 0.15) is 5.02 Å². The van der Waals surface area contributed by atoms with Gasteiger partial charge in [-0.1, -0.05) is 37.8 Å². The highest BCUT2D eigenvalue weighted by molar-refractivity contribution is 6.32. The predicted octanol–water partition coefficient (Wildman–Crippen LogP) is 2.54. The summed E-state index contributed by atoms with van der Waals surface area (Å²) in [6.45, 7) is 3.83. The summed E-state index contributed by atoms with van der Waals surface area (Å²) in [6.07, 6.45) is 6.28. The van der Waals surface area contributed by atoms with Gasteiger partial charge in [0.05, 0.1) is 25.0 Å². The van der Waals surface area contributed by atoms with E-state index in [2.05, 4.69) is 17.3 Å². The number of ether oxygens (including phenoxy) is 1. The second-order valence-corrected chi connectivity index (χ2v) is 4.76. The van der Waals surface area contributed by atoms with E-state index in [1.54, 1.807) is 13.3 Å². The summed E-state index contributed by atoms with van der Waals surface area (Å²) < 4.78 is 6.23. The van der Waals surface area contributed by atoms with Crippen molar-refractivity contribution in [3.63, 3.8) is 0 Å². The van der Waals surface area contributed by atoms with Gasteiger partial charge in [-0.05, 0) is 6.42 Å². The summed E-state index contributed by atoms with van der Waals surface area (Å²) in [7, 11) is 1.58. The third kappa shape index (κ3) is 5.20. The van der Waals surface area contributed by atoms with Crippen LogP contribution < -0.4 is 10.9 Å². The fourth-order valence-electron chi connectivity index (χ4n) is 1.70. The van der Waals surface area contributed by atoms with Crippen LogP contribution in [0, 0.1) is 0 Å². The van der Waals surface area contributed by atoms with Crippen molar-refractivity contribution in [3.8, 4) is 0 Å². The number of aromatic nitrogens is 2. The smallest absolute Gasteiger partial charge is 0.287 e. The van der Waals surface area contributed by atoms with E-state index < -0.39 is 0 Å².